The lowest BCUT2D eigenvalue weighted by Crippen LogP contribution is -2.07. The van der Waals surface area contributed by atoms with Gasteiger partial charge < -0.3 is 10.3 Å². The van der Waals surface area contributed by atoms with Crippen molar-refractivity contribution in [3.05, 3.63) is 95.3 Å². The number of H-pyrrole nitrogens is 1. The van der Waals surface area contributed by atoms with Gasteiger partial charge in [-0.25, -0.2) is 18.7 Å². The molecule has 9 heteroatoms. The number of nitrogens with one attached hydrogen (secondary N) is 2. The average Bonchev–Trinajstić information content (AvgIpc) is 3.22. The summed E-state index contributed by atoms with van der Waals surface area (Å²) in [4.78, 5) is 34.6. The summed E-state index contributed by atoms with van der Waals surface area (Å²) in [6.45, 7) is 1.37. The van der Waals surface area contributed by atoms with E-state index >= 15 is 0 Å². The van der Waals surface area contributed by atoms with Crippen molar-refractivity contribution in [1.29, 1.82) is 0 Å². The Balaban J connectivity index is 1.63. The summed E-state index contributed by atoms with van der Waals surface area (Å²) in [6.07, 6.45) is 4.83. The molecule has 2 N–H and O–H groups in total. The smallest absolute Gasteiger partial charge is 0.247 e. The Kier molecular flexibility index (Phi) is 5.21. The van der Waals surface area contributed by atoms with E-state index in [4.69, 9.17) is 0 Å². The lowest BCUT2D eigenvalue weighted by molar-refractivity contribution is -0.114. The Morgan fingerprint density at radius 3 is 2.56 bits per heavy atom. The van der Waals surface area contributed by atoms with Crippen LogP contribution < -0.4 is 10.9 Å². The number of carbonyl (C=O) groups is 1. The Labute approximate surface area is 191 Å². The second-order valence-corrected chi connectivity index (χ2v) is 7.70. The molecule has 34 heavy (non-hydrogen) atoms. The zero-order valence-electron chi connectivity index (χ0n) is 17.8. The first-order chi connectivity index (χ1) is 16.4. The van der Waals surface area contributed by atoms with Gasteiger partial charge in [0.25, 0.3) is 0 Å². The Bertz CT molecular complexity index is 1600. The highest BCUT2D eigenvalue weighted by Gasteiger charge is 2.14. The molecule has 168 valence electrons. The number of aromatic amines is 1. The van der Waals surface area contributed by atoms with Crippen molar-refractivity contribution in [3.8, 4) is 27.9 Å². The van der Waals surface area contributed by atoms with Crippen LogP contribution in [0.2, 0.25) is 0 Å². The van der Waals surface area contributed by atoms with Crippen molar-refractivity contribution in [2.75, 3.05) is 5.32 Å². The highest BCUT2D eigenvalue weighted by molar-refractivity contribution is 5.90. The molecule has 0 unspecified atom stereocenters. The van der Waals surface area contributed by atoms with Gasteiger partial charge in [0.1, 0.15) is 23.5 Å². The summed E-state index contributed by atoms with van der Waals surface area (Å²) in [7, 11) is 0. The second-order valence-electron chi connectivity index (χ2n) is 7.70. The van der Waals surface area contributed by atoms with Crippen LogP contribution in [0.3, 0.4) is 0 Å². The molecule has 7 nitrogen and oxygen atoms in total. The average molecular weight is 457 g/mol. The third-order valence-corrected chi connectivity index (χ3v) is 5.26. The van der Waals surface area contributed by atoms with Gasteiger partial charge in [-0.2, -0.15) is 0 Å². The highest BCUT2D eigenvalue weighted by atomic mass is 19.1. The molecule has 0 spiro atoms. The topological polar surface area (TPSA) is 92.7 Å². The fourth-order valence-corrected chi connectivity index (χ4v) is 3.74. The number of aromatic nitrogens is 4. The van der Waals surface area contributed by atoms with E-state index in [2.05, 4.69) is 20.3 Å². The van der Waals surface area contributed by atoms with Crippen LogP contribution in [0.1, 0.15) is 6.92 Å². The van der Waals surface area contributed by atoms with Crippen molar-refractivity contribution in [3.63, 3.8) is 0 Å². The number of carbonyl (C=O) groups excluding carboxylic acids is 1. The van der Waals surface area contributed by atoms with Crippen LogP contribution in [0.15, 0.2) is 78.1 Å². The first-order valence-corrected chi connectivity index (χ1v) is 10.3. The third kappa shape index (κ3) is 4.06. The molecule has 5 rings (SSSR count). The molecule has 0 aliphatic heterocycles. The van der Waals surface area contributed by atoms with Crippen LogP contribution in [0.5, 0.6) is 0 Å². The number of rotatable bonds is 4. The Hall–Kier alpha value is -4.66. The number of pyridine rings is 2. The zero-order chi connectivity index (χ0) is 23.8. The minimum absolute atomic E-state index is 0.188. The van der Waals surface area contributed by atoms with Gasteiger partial charge in [-0.15, -0.1) is 0 Å². The molecule has 2 aromatic carbocycles. The number of nitrogens with zero attached hydrogens (tertiary/aromatic N) is 3. The number of amides is 1. The molecule has 3 aromatic heterocycles. The maximum absolute atomic E-state index is 14.5. The molecule has 0 aliphatic carbocycles. The molecule has 0 atom stereocenters. The Morgan fingerprint density at radius 2 is 1.82 bits per heavy atom. The number of anilines is 1. The van der Waals surface area contributed by atoms with Crippen LogP contribution >= 0.6 is 0 Å². The van der Waals surface area contributed by atoms with Crippen molar-refractivity contribution < 1.29 is 13.6 Å². The minimum atomic E-state index is -0.718. The van der Waals surface area contributed by atoms with Gasteiger partial charge in [0.2, 0.25) is 11.5 Å². The van der Waals surface area contributed by atoms with Gasteiger partial charge in [0.15, 0.2) is 5.65 Å². The molecular formula is C25H17F2N5O2. The second kappa shape index (κ2) is 8.36. The van der Waals surface area contributed by atoms with E-state index in [0.717, 1.165) is 17.2 Å². The molecule has 5 aromatic rings. The lowest BCUT2D eigenvalue weighted by Gasteiger charge is -2.12. The summed E-state index contributed by atoms with van der Waals surface area (Å²) in [5, 5.41) is 2.71. The third-order valence-electron chi connectivity index (χ3n) is 5.26. The van der Waals surface area contributed by atoms with Crippen LogP contribution in [-0.4, -0.2) is 25.4 Å². The molecule has 0 fully saturated rings. The van der Waals surface area contributed by atoms with Crippen LogP contribution in [0.25, 0.3) is 39.1 Å². The number of halogens is 2. The summed E-state index contributed by atoms with van der Waals surface area (Å²) < 4.78 is 29.6. The van der Waals surface area contributed by atoms with E-state index in [9.17, 15) is 18.4 Å². The Morgan fingerprint density at radius 1 is 0.971 bits per heavy atom. The van der Waals surface area contributed by atoms with E-state index in [0.29, 0.717) is 28.1 Å². The van der Waals surface area contributed by atoms with Crippen molar-refractivity contribution >= 4 is 22.8 Å². The predicted molar refractivity (Wildman–Crippen MR) is 125 cm³/mol. The molecule has 0 saturated carbocycles. The van der Waals surface area contributed by atoms with Gasteiger partial charge in [-0.05, 0) is 53.6 Å². The number of imidazole rings is 1. The summed E-state index contributed by atoms with van der Waals surface area (Å²) in [6, 6.07) is 13.3. The van der Waals surface area contributed by atoms with Gasteiger partial charge in [-0.1, -0.05) is 0 Å². The summed E-state index contributed by atoms with van der Waals surface area (Å²) >= 11 is 0. The van der Waals surface area contributed by atoms with E-state index in [1.807, 2.05) is 6.07 Å². The van der Waals surface area contributed by atoms with Crippen LogP contribution in [0, 0.1) is 11.6 Å². The molecule has 0 saturated heterocycles. The van der Waals surface area contributed by atoms with Crippen molar-refractivity contribution in [2.24, 2.45) is 0 Å². The number of fused-ring (bicyclic) bond motifs is 1. The normalized spacial score (nSPS) is 11.0. The lowest BCUT2D eigenvalue weighted by atomic mass is 10.0. The summed E-state index contributed by atoms with van der Waals surface area (Å²) in [5.74, 6) is -1.69. The molecular weight excluding hydrogens is 440 g/mol. The van der Waals surface area contributed by atoms with Gasteiger partial charge in [0.05, 0.1) is 5.69 Å². The zero-order valence-corrected chi connectivity index (χ0v) is 17.8. The quantitative estimate of drug-likeness (QED) is 0.410. The van der Waals surface area contributed by atoms with Crippen LogP contribution in [-0.2, 0) is 4.79 Å². The van der Waals surface area contributed by atoms with Gasteiger partial charge in [-0.3, -0.25) is 14.2 Å². The molecule has 3 heterocycles. The maximum Gasteiger partial charge on any atom is 0.247 e. The van der Waals surface area contributed by atoms with E-state index in [1.54, 1.807) is 47.6 Å². The first-order valence-electron chi connectivity index (χ1n) is 10.3. The van der Waals surface area contributed by atoms with E-state index in [-0.39, 0.29) is 17.0 Å². The summed E-state index contributed by atoms with van der Waals surface area (Å²) in [5.41, 5.74) is 4.15. The molecule has 1 amide bonds. The number of benzene rings is 2. The van der Waals surface area contributed by atoms with Gasteiger partial charge in [0, 0.05) is 48.3 Å². The first kappa shape index (κ1) is 21.2. The molecule has 0 bridgehead atoms. The number of hydrogen-bond donors (Lipinski definition) is 2. The molecule has 0 radical (unpaired) electrons. The standard InChI is InChI=1S/C25H17F2N5O2/c1-14(33)31-19-6-16(21-4-3-18(26)9-22(21)27)7-20(10-19)32-13-30-23-8-17(12-29-25(23)32)15-2-5-24(34)28-11-15/h2-13H,1H3,(H,28,34)(H,31,33). The predicted octanol–water partition coefficient (Wildman–Crippen LogP) is 4.68. The minimum Gasteiger partial charge on any atom is -0.328 e. The fourth-order valence-electron chi connectivity index (χ4n) is 3.74. The maximum atomic E-state index is 14.5. The van der Waals surface area contributed by atoms with Crippen molar-refractivity contribution in [2.45, 2.75) is 6.92 Å². The number of hydrogen-bond acceptors (Lipinski definition) is 4. The highest BCUT2D eigenvalue weighted by Crippen LogP contribution is 2.31. The monoisotopic (exact) mass is 457 g/mol. The largest absolute Gasteiger partial charge is 0.328 e. The van der Waals surface area contributed by atoms with Gasteiger partial charge >= 0.3 is 0 Å². The van der Waals surface area contributed by atoms with Crippen molar-refractivity contribution in [1.82, 2.24) is 19.5 Å². The van der Waals surface area contributed by atoms with E-state index < -0.39 is 11.6 Å². The SMILES string of the molecule is CC(=O)Nc1cc(-c2ccc(F)cc2F)cc(-n2cnc3cc(-c4ccc(=O)[nH]c4)cnc32)c1. The van der Waals surface area contributed by atoms with E-state index in [1.165, 1.54) is 25.1 Å². The van der Waals surface area contributed by atoms with Crippen LogP contribution in [0.4, 0.5) is 14.5 Å². The fraction of sp³-hybridized carbons (Fsp3) is 0.0400. The molecule has 0 aliphatic rings.